The van der Waals surface area contributed by atoms with Gasteiger partial charge in [-0.05, 0) is 51.8 Å². The Bertz CT molecular complexity index is 435. The molecule has 1 atom stereocenters. The first-order valence-corrected chi connectivity index (χ1v) is 8.21. The molecule has 1 N–H and O–H groups in total. The number of carbonyl (C=O) groups is 1. The van der Waals surface area contributed by atoms with Crippen LogP contribution >= 0.6 is 0 Å². The molecule has 0 bridgehead atoms. The Kier molecular flexibility index (Phi) is 6.24. The molecular weight excluding hydrogens is 260 g/mol. The third-order valence-electron chi connectivity index (χ3n) is 4.37. The largest absolute Gasteiger partial charge is 0.355 e. The number of amides is 1. The molecule has 1 heterocycles. The first-order chi connectivity index (χ1) is 10.1. The molecule has 1 amide bonds. The summed E-state index contributed by atoms with van der Waals surface area (Å²) in [6.07, 6.45) is 5.35. The maximum atomic E-state index is 11.9. The van der Waals surface area contributed by atoms with E-state index < -0.39 is 0 Å². The molecule has 21 heavy (non-hydrogen) atoms. The molecule has 0 saturated carbocycles. The molecule has 1 aliphatic rings. The molecule has 0 aliphatic carbocycles. The van der Waals surface area contributed by atoms with Crippen LogP contribution in [-0.2, 0) is 11.2 Å². The number of hydrogen-bond acceptors (Lipinski definition) is 2. The molecule has 1 saturated heterocycles. The van der Waals surface area contributed by atoms with Crippen LogP contribution in [0.15, 0.2) is 24.3 Å². The van der Waals surface area contributed by atoms with E-state index in [2.05, 4.69) is 48.3 Å². The highest BCUT2D eigenvalue weighted by atomic mass is 16.1. The minimum atomic E-state index is 0.166. The van der Waals surface area contributed by atoms with Gasteiger partial charge in [-0.2, -0.15) is 0 Å². The van der Waals surface area contributed by atoms with Crippen molar-refractivity contribution in [1.29, 1.82) is 0 Å². The van der Waals surface area contributed by atoms with Crippen LogP contribution in [0.25, 0.3) is 0 Å². The van der Waals surface area contributed by atoms with Crippen LogP contribution in [0, 0.1) is 6.92 Å². The summed E-state index contributed by atoms with van der Waals surface area (Å²) in [5.41, 5.74) is 2.50. The lowest BCUT2D eigenvalue weighted by molar-refractivity contribution is -0.121. The Morgan fingerprint density at radius 2 is 1.86 bits per heavy atom. The minimum absolute atomic E-state index is 0.166. The zero-order valence-electron chi connectivity index (χ0n) is 13.4. The van der Waals surface area contributed by atoms with Gasteiger partial charge in [-0.3, -0.25) is 9.69 Å². The third-order valence-corrected chi connectivity index (χ3v) is 4.37. The van der Waals surface area contributed by atoms with Crippen molar-refractivity contribution in [2.75, 3.05) is 19.6 Å². The van der Waals surface area contributed by atoms with Gasteiger partial charge in [0.1, 0.15) is 0 Å². The molecule has 1 aromatic rings. The van der Waals surface area contributed by atoms with Crippen LogP contribution in [0.3, 0.4) is 0 Å². The van der Waals surface area contributed by atoms with Crippen LogP contribution in [0.1, 0.15) is 43.7 Å². The maximum Gasteiger partial charge on any atom is 0.220 e. The lowest BCUT2D eigenvalue weighted by Gasteiger charge is -2.32. The first kappa shape index (κ1) is 16.0. The van der Waals surface area contributed by atoms with Gasteiger partial charge in [0.05, 0.1) is 0 Å². The number of aryl methyl sites for hydroxylation is 2. The highest BCUT2D eigenvalue weighted by molar-refractivity contribution is 5.76. The summed E-state index contributed by atoms with van der Waals surface area (Å²) in [6, 6.07) is 8.88. The van der Waals surface area contributed by atoms with Crippen LogP contribution in [-0.4, -0.2) is 36.5 Å². The normalized spacial score (nSPS) is 17.4. The van der Waals surface area contributed by atoms with E-state index in [4.69, 9.17) is 0 Å². The minimum Gasteiger partial charge on any atom is -0.355 e. The highest BCUT2D eigenvalue weighted by Crippen LogP contribution is 2.11. The molecule has 0 spiro atoms. The van der Waals surface area contributed by atoms with Gasteiger partial charge in [0.15, 0.2) is 0 Å². The lowest BCUT2D eigenvalue weighted by Crippen LogP contribution is -2.44. The van der Waals surface area contributed by atoms with E-state index in [1.54, 1.807) is 0 Å². The predicted molar refractivity (Wildman–Crippen MR) is 87.4 cm³/mol. The van der Waals surface area contributed by atoms with Crippen LogP contribution in [0.4, 0.5) is 0 Å². The van der Waals surface area contributed by atoms with Gasteiger partial charge in [0, 0.05) is 19.0 Å². The molecule has 1 unspecified atom stereocenters. The summed E-state index contributed by atoms with van der Waals surface area (Å²) >= 11 is 0. The molecular formula is C18H28N2O. The first-order valence-electron chi connectivity index (χ1n) is 8.21. The van der Waals surface area contributed by atoms with Gasteiger partial charge in [0.25, 0.3) is 0 Å². The van der Waals surface area contributed by atoms with Crippen molar-refractivity contribution < 1.29 is 4.79 Å². The highest BCUT2D eigenvalue weighted by Gasteiger charge is 2.16. The maximum absolute atomic E-state index is 11.9. The van der Waals surface area contributed by atoms with Gasteiger partial charge < -0.3 is 5.32 Å². The third kappa shape index (κ3) is 5.50. The van der Waals surface area contributed by atoms with E-state index in [1.807, 2.05) is 0 Å². The number of likely N-dealkylation sites (tertiary alicyclic amines) is 1. The fourth-order valence-corrected chi connectivity index (χ4v) is 2.85. The predicted octanol–water partition coefficient (Wildman–Crippen LogP) is 2.92. The average Bonchev–Trinajstić information content (AvgIpc) is 2.53. The van der Waals surface area contributed by atoms with Gasteiger partial charge in [-0.25, -0.2) is 0 Å². The van der Waals surface area contributed by atoms with E-state index >= 15 is 0 Å². The number of benzene rings is 1. The number of piperidine rings is 1. The molecule has 116 valence electrons. The Labute approximate surface area is 128 Å². The summed E-state index contributed by atoms with van der Waals surface area (Å²) in [6.45, 7) is 7.43. The quantitative estimate of drug-likeness (QED) is 0.873. The summed E-state index contributed by atoms with van der Waals surface area (Å²) in [4.78, 5) is 14.4. The van der Waals surface area contributed by atoms with Crippen molar-refractivity contribution in [1.82, 2.24) is 10.2 Å². The number of rotatable bonds is 6. The van der Waals surface area contributed by atoms with Crippen molar-refractivity contribution in [3.05, 3.63) is 35.4 Å². The monoisotopic (exact) mass is 288 g/mol. The summed E-state index contributed by atoms with van der Waals surface area (Å²) in [5.74, 6) is 0.166. The second kappa shape index (κ2) is 8.18. The van der Waals surface area contributed by atoms with Gasteiger partial charge in [0.2, 0.25) is 5.91 Å². The van der Waals surface area contributed by atoms with Crippen LogP contribution < -0.4 is 5.32 Å². The number of nitrogens with one attached hydrogen (secondary N) is 1. The van der Waals surface area contributed by atoms with E-state index in [9.17, 15) is 4.79 Å². The smallest absolute Gasteiger partial charge is 0.220 e. The molecule has 3 nitrogen and oxygen atoms in total. The fraction of sp³-hybridized carbons (Fsp3) is 0.611. The Morgan fingerprint density at radius 1 is 1.19 bits per heavy atom. The number of nitrogens with zero attached hydrogens (tertiary/aromatic N) is 1. The van der Waals surface area contributed by atoms with E-state index in [0.717, 1.165) is 13.0 Å². The zero-order valence-corrected chi connectivity index (χ0v) is 13.4. The van der Waals surface area contributed by atoms with Crippen molar-refractivity contribution >= 4 is 5.91 Å². The molecule has 0 aromatic heterocycles. The molecule has 0 radical (unpaired) electrons. The van der Waals surface area contributed by atoms with Crippen LogP contribution in [0.2, 0.25) is 0 Å². The van der Waals surface area contributed by atoms with Gasteiger partial charge >= 0.3 is 0 Å². The van der Waals surface area contributed by atoms with Gasteiger partial charge in [-0.1, -0.05) is 36.2 Å². The Morgan fingerprint density at radius 3 is 2.52 bits per heavy atom. The van der Waals surface area contributed by atoms with E-state index in [0.29, 0.717) is 12.5 Å². The second-order valence-corrected chi connectivity index (χ2v) is 6.24. The van der Waals surface area contributed by atoms with Crippen molar-refractivity contribution in [3.8, 4) is 0 Å². The molecule has 2 rings (SSSR count). The topological polar surface area (TPSA) is 32.3 Å². The standard InChI is InChI=1S/C18H28N2O/c1-15-6-8-17(9-7-15)10-11-18(21)19-14-16(2)20-12-4-3-5-13-20/h6-9,16H,3-5,10-14H2,1-2H3,(H,19,21). The SMILES string of the molecule is Cc1ccc(CCC(=O)NCC(C)N2CCCCC2)cc1. The van der Waals surface area contributed by atoms with Crippen LogP contribution in [0.5, 0.6) is 0 Å². The Balaban J connectivity index is 1.66. The van der Waals surface area contributed by atoms with Crippen molar-refractivity contribution in [2.24, 2.45) is 0 Å². The Hall–Kier alpha value is -1.35. The average molecular weight is 288 g/mol. The lowest BCUT2D eigenvalue weighted by atomic mass is 10.1. The van der Waals surface area contributed by atoms with E-state index in [1.165, 1.54) is 43.5 Å². The summed E-state index contributed by atoms with van der Waals surface area (Å²) < 4.78 is 0. The zero-order chi connectivity index (χ0) is 15.1. The van der Waals surface area contributed by atoms with Gasteiger partial charge in [-0.15, -0.1) is 0 Å². The molecule has 3 heteroatoms. The molecule has 1 aromatic carbocycles. The van der Waals surface area contributed by atoms with Crippen molar-refractivity contribution in [2.45, 2.75) is 52.0 Å². The van der Waals surface area contributed by atoms with E-state index in [-0.39, 0.29) is 5.91 Å². The second-order valence-electron chi connectivity index (χ2n) is 6.24. The summed E-state index contributed by atoms with van der Waals surface area (Å²) in [5, 5.41) is 3.08. The fourth-order valence-electron chi connectivity index (χ4n) is 2.85. The molecule has 1 fully saturated rings. The van der Waals surface area contributed by atoms with Crippen molar-refractivity contribution in [3.63, 3.8) is 0 Å². The molecule has 1 aliphatic heterocycles. The number of carbonyl (C=O) groups excluding carboxylic acids is 1. The number of hydrogen-bond donors (Lipinski definition) is 1. The summed E-state index contributed by atoms with van der Waals surface area (Å²) in [7, 11) is 0.